The summed E-state index contributed by atoms with van der Waals surface area (Å²) in [6.45, 7) is 2.11. The van der Waals surface area contributed by atoms with Gasteiger partial charge in [0.25, 0.3) is 0 Å². The fraction of sp³-hybridized carbons (Fsp3) is 0.286. The fourth-order valence-electron chi connectivity index (χ4n) is 3.92. The third kappa shape index (κ3) is 8.33. The minimum atomic E-state index is -3.81. The van der Waals surface area contributed by atoms with Crippen molar-refractivity contribution < 1.29 is 18.0 Å². The summed E-state index contributed by atoms with van der Waals surface area (Å²) in [6, 6.07) is 24.2. The van der Waals surface area contributed by atoms with Gasteiger partial charge in [-0.2, -0.15) is 0 Å². The Morgan fingerprint density at radius 3 is 2.00 bits per heavy atom. The molecule has 0 unspecified atom stereocenters. The lowest BCUT2D eigenvalue weighted by Crippen LogP contribution is -2.53. The molecule has 0 radical (unpaired) electrons. The zero-order chi connectivity index (χ0) is 26.8. The average Bonchev–Trinajstić information content (AvgIpc) is 2.89. The molecule has 9 heteroatoms. The van der Waals surface area contributed by atoms with Gasteiger partial charge in [-0.25, -0.2) is 8.42 Å². The van der Waals surface area contributed by atoms with Crippen LogP contribution in [-0.4, -0.2) is 50.5 Å². The first kappa shape index (κ1) is 28.2. The van der Waals surface area contributed by atoms with E-state index in [0.29, 0.717) is 17.3 Å². The Balaban J connectivity index is 2.01. The van der Waals surface area contributed by atoms with Crippen LogP contribution in [0.4, 0.5) is 5.69 Å². The molecule has 3 aromatic rings. The Kier molecular flexibility index (Phi) is 10.1. The highest BCUT2D eigenvalue weighted by Gasteiger charge is 2.32. The van der Waals surface area contributed by atoms with Gasteiger partial charge >= 0.3 is 0 Å². The second kappa shape index (κ2) is 13.3. The molecule has 0 aliphatic rings. The number of carbonyl (C=O) groups is 2. The normalized spacial score (nSPS) is 12.0. The van der Waals surface area contributed by atoms with Crippen molar-refractivity contribution in [3.63, 3.8) is 0 Å². The van der Waals surface area contributed by atoms with Crippen molar-refractivity contribution in [2.75, 3.05) is 23.7 Å². The van der Waals surface area contributed by atoms with Crippen molar-refractivity contribution in [1.29, 1.82) is 0 Å². The molecule has 3 rings (SSSR count). The first-order chi connectivity index (χ1) is 17.7. The van der Waals surface area contributed by atoms with Crippen molar-refractivity contribution >= 4 is 39.1 Å². The fourth-order valence-corrected chi connectivity index (χ4v) is 4.90. The monoisotopic (exact) mass is 541 g/mol. The predicted octanol–water partition coefficient (Wildman–Crippen LogP) is 4.27. The number of hydrogen-bond donors (Lipinski definition) is 1. The first-order valence-electron chi connectivity index (χ1n) is 12.1. The number of sulfonamides is 1. The van der Waals surface area contributed by atoms with Gasteiger partial charge in [0.15, 0.2) is 0 Å². The molecule has 7 nitrogen and oxygen atoms in total. The molecule has 37 heavy (non-hydrogen) atoms. The molecular weight excluding hydrogens is 510 g/mol. The summed E-state index contributed by atoms with van der Waals surface area (Å²) in [7, 11) is -3.81. The molecule has 0 bridgehead atoms. The zero-order valence-electron chi connectivity index (χ0n) is 21.0. The molecule has 1 N–H and O–H groups in total. The quantitative estimate of drug-likeness (QED) is 0.371. The number of rotatable bonds is 12. The van der Waals surface area contributed by atoms with E-state index in [1.165, 1.54) is 4.90 Å². The lowest BCUT2D eigenvalue weighted by molar-refractivity contribution is -0.140. The molecule has 0 saturated carbocycles. The van der Waals surface area contributed by atoms with Crippen LogP contribution in [0.5, 0.6) is 0 Å². The van der Waals surface area contributed by atoms with E-state index in [4.69, 9.17) is 11.6 Å². The van der Waals surface area contributed by atoms with Crippen LogP contribution in [0.25, 0.3) is 0 Å². The van der Waals surface area contributed by atoms with Crippen LogP contribution in [0.15, 0.2) is 84.9 Å². The number of anilines is 1. The molecule has 0 aromatic heterocycles. The topological polar surface area (TPSA) is 86.8 Å². The van der Waals surface area contributed by atoms with Crippen molar-refractivity contribution in [3.05, 3.63) is 101 Å². The number of carbonyl (C=O) groups excluding carboxylic acids is 2. The summed E-state index contributed by atoms with van der Waals surface area (Å²) < 4.78 is 26.5. The molecule has 0 aliphatic carbocycles. The van der Waals surface area contributed by atoms with E-state index >= 15 is 0 Å². The van der Waals surface area contributed by atoms with Gasteiger partial charge in [0.1, 0.15) is 12.6 Å². The number of nitrogens with one attached hydrogen (secondary N) is 1. The summed E-state index contributed by atoms with van der Waals surface area (Å²) in [5.74, 6) is -0.774. The lowest BCUT2D eigenvalue weighted by Gasteiger charge is -2.33. The molecule has 3 aromatic carbocycles. The maximum atomic E-state index is 13.9. The maximum Gasteiger partial charge on any atom is 0.244 e. The van der Waals surface area contributed by atoms with Crippen LogP contribution < -0.4 is 9.62 Å². The van der Waals surface area contributed by atoms with Gasteiger partial charge in [-0.15, -0.1) is 0 Å². The summed E-state index contributed by atoms with van der Waals surface area (Å²) in [5.41, 5.74) is 2.03. The van der Waals surface area contributed by atoms with Crippen LogP contribution >= 0.6 is 11.6 Å². The molecule has 0 saturated heterocycles. The van der Waals surface area contributed by atoms with Gasteiger partial charge < -0.3 is 10.2 Å². The number of hydrogen-bond acceptors (Lipinski definition) is 4. The highest BCUT2D eigenvalue weighted by atomic mass is 35.5. The standard InChI is InChI=1S/C28H32ClN3O4S/c1-3-18-30-28(34)26(19-22-10-6-4-7-11-22)31(20-23-12-8-5-9-13-23)27(33)21-32(37(2,35)36)25-16-14-24(29)15-17-25/h4-17,26H,3,18-21H2,1-2H3,(H,30,34)/t26-/m0/s1. The second-order valence-electron chi connectivity index (χ2n) is 8.75. The summed E-state index contributed by atoms with van der Waals surface area (Å²) in [6.07, 6.45) is 2.08. The third-order valence-corrected chi connectivity index (χ3v) is 7.20. The average molecular weight is 542 g/mol. The largest absolute Gasteiger partial charge is 0.354 e. The van der Waals surface area contributed by atoms with Gasteiger partial charge in [-0.1, -0.05) is 79.2 Å². The van der Waals surface area contributed by atoms with Crippen LogP contribution in [-0.2, 0) is 32.6 Å². The van der Waals surface area contributed by atoms with Crippen LogP contribution in [0.3, 0.4) is 0 Å². The summed E-state index contributed by atoms with van der Waals surface area (Å²) in [5, 5.41) is 3.36. The first-order valence-corrected chi connectivity index (χ1v) is 14.3. The molecule has 0 heterocycles. The minimum absolute atomic E-state index is 0.148. The van der Waals surface area contributed by atoms with E-state index in [1.807, 2.05) is 67.6 Å². The van der Waals surface area contributed by atoms with Crippen LogP contribution in [0.2, 0.25) is 5.02 Å². The maximum absolute atomic E-state index is 13.9. The van der Waals surface area contributed by atoms with Gasteiger partial charge in [0.2, 0.25) is 21.8 Å². The lowest BCUT2D eigenvalue weighted by atomic mass is 10.0. The minimum Gasteiger partial charge on any atom is -0.354 e. The summed E-state index contributed by atoms with van der Waals surface area (Å²) in [4.78, 5) is 28.7. The van der Waals surface area contributed by atoms with E-state index in [9.17, 15) is 18.0 Å². The van der Waals surface area contributed by atoms with E-state index < -0.39 is 28.5 Å². The Bertz CT molecular complexity index is 1270. The molecule has 2 amide bonds. The van der Waals surface area contributed by atoms with E-state index in [1.54, 1.807) is 24.3 Å². The molecule has 0 spiro atoms. The zero-order valence-corrected chi connectivity index (χ0v) is 22.6. The van der Waals surface area contributed by atoms with Gasteiger partial charge in [-0.05, 0) is 41.8 Å². The summed E-state index contributed by atoms with van der Waals surface area (Å²) >= 11 is 5.98. The highest BCUT2D eigenvalue weighted by molar-refractivity contribution is 7.92. The Labute approximate surface area is 224 Å². The third-order valence-electron chi connectivity index (χ3n) is 5.81. The Morgan fingerprint density at radius 2 is 1.46 bits per heavy atom. The molecule has 196 valence electrons. The molecule has 1 atom stereocenters. The van der Waals surface area contributed by atoms with Gasteiger partial charge in [0.05, 0.1) is 11.9 Å². The van der Waals surface area contributed by atoms with Crippen LogP contribution in [0.1, 0.15) is 24.5 Å². The predicted molar refractivity (Wildman–Crippen MR) is 148 cm³/mol. The Morgan fingerprint density at radius 1 is 0.892 bits per heavy atom. The van der Waals surface area contributed by atoms with E-state index in [-0.39, 0.29) is 18.9 Å². The number of benzene rings is 3. The highest BCUT2D eigenvalue weighted by Crippen LogP contribution is 2.22. The Hall–Kier alpha value is -3.36. The smallest absolute Gasteiger partial charge is 0.244 e. The van der Waals surface area contributed by atoms with Crippen molar-refractivity contribution in [2.24, 2.45) is 0 Å². The van der Waals surface area contributed by atoms with Gasteiger partial charge in [0, 0.05) is 24.5 Å². The molecule has 0 aliphatic heterocycles. The molecule has 0 fully saturated rings. The second-order valence-corrected chi connectivity index (χ2v) is 11.1. The number of amides is 2. The van der Waals surface area contributed by atoms with Crippen molar-refractivity contribution in [2.45, 2.75) is 32.4 Å². The van der Waals surface area contributed by atoms with E-state index in [2.05, 4.69) is 5.32 Å². The van der Waals surface area contributed by atoms with Crippen molar-refractivity contribution in [3.8, 4) is 0 Å². The molecular formula is C28H32ClN3O4S. The van der Waals surface area contributed by atoms with Crippen molar-refractivity contribution in [1.82, 2.24) is 10.2 Å². The van der Waals surface area contributed by atoms with Gasteiger partial charge in [-0.3, -0.25) is 13.9 Å². The SMILES string of the molecule is CCCNC(=O)[C@H](Cc1ccccc1)N(Cc1ccccc1)C(=O)CN(c1ccc(Cl)cc1)S(C)(=O)=O. The number of halogens is 1. The number of nitrogens with zero attached hydrogens (tertiary/aromatic N) is 2. The van der Waals surface area contributed by atoms with E-state index in [0.717, 1.165) is 28.1 Å². The van der Waals surface area contributed by atoms with Crippen LogP contribution in [0, 0.1) is 0 Å².